The summed E-state index contributed by atoms with van der Waals surface area (Å²) in [6.07, 6.45) is 1.85. The minimum atomic E-state index is -0.00469. The molecule has 24 heavy (non-hydrogen) atoms. The van der Waals surface area contributed by atoms with E-state index in [2.05, 4.69) is 25.1 Å². The lowest BCUT2D eigenvalue weighted by atomic mass is 9.74. The lowest BCUT2D eigenvalue weighted by Crippen LogP contribution is -2.48. The highest BCUT2D eigenvalue weighted by molar-refractivity contribution is 5.97. The summed E-state index contributed by atoms with van der Waals surface area (Å²) in [7, 11) is 3.84. The second-order valence-corrected chi connectivity index (χ2v) is 7.52. The van der Waals surface area contributed by atoms with E-state index in [9.17, 15) is 9.59 Å². The van der Waals surface area contributed by atoms with Crippen LogP contribution >= 0.6 is 0 Å². The molecule has 0 radical (unpaired) electrons. The predicted octanol–water partition coefficient (Wildman–Crippen LogP) is 1.78. The second kappa shape index (κ2) is 6.20. The van der Waals surface area contributed by atoms with Crippen LogP contribution in [0, 0.1) is 6.92 Å². The van der Waals surface area contributed by atoms with Gasteiger partial charge in [-0.2, -0.15) is 0 Å². The van der Waals surface area contributed by atoms with Crippen LogP contribution in [0.1, 0.15) is 30.9 Å². The maximum absolute atomic E-state index is 12.7. The number of likely N-dealkylation sites (N-methyl/N-ethyl adjacent to an activating group) is 1. The van der Waals surface area contributed by atoms with Gasteiger partial charge in [0.25, 0.3) is 0 Å². The van der Waals surface area contributed by atoms with E-state index in [1.54, 1.807) is 6.92 Å². The summed E-state index contributed by atoms with van der Waals surface area (Å²) in [4.78, 5) is 30.2. The molecule has 0 bridgehead atoms. The van der Waals surface area contributed by atoms with E-state index in [1.807, 2.05) is 28.8 Å². The summed E-state index contributed by atoms with van der Waals surface area (Å²) < 4.78 is 0. The van der Waals surface area contributed by atoms with Gasteiger partial charge in [-0.3, -0.25) is 9.59 Å². The summed E-state index contributed by atoms with van der Waals surface area (Å²) in [5, 5.41) is 0. The number of benzene rings is 1. The highest BCUT2D eigenvalue weighted by Gasteiger charge is 2.46. The SMILES string of the molecule is CC(=O)N1CCC2(CC1)CN(C(=O)CN(C)C)c1ccc(C)cc12. The summed E-state index contributed by atoms with van der Waals surface area (Å²) in [6, 6.07) is 6.41. The molecule has 3 rings (SSSR count). The van der Waals surface area contributed by atoms with Crippen molar-refractivity contribution in [2.24, 2.45) is 0 Å². The maximum atomic E-state index is 12.7. The highest BCUT2D eigenvalue weighted by atomic mass is 16.2. The molecule has 0 atom stereocenters. The summed E-state index contributed by atoms with van der Waals surface area (Å²) >= 11 is 0. The number of hydrogen-bond donors (Lipinski definition) is 0. The molecule has 1 fully saturated rings. The molecule has 0 N–H and O–H groups in total. The number of piperidine rings is 1. The van der Waals surface area contributed by atoms with Crippen LogP contribution < -0.4 is 4.90 Å². The van der Waals surface area contributed by atoms with Crippen molar-refractivity contribution < 1.29 is 9.59 Å². The van der Waals surface area contributed by atoms with Crippen molar-refractivity contribution in [1.29, 1.82) is 0 Å². The molecule has 0 aromatic heterocycles. The van der Waals surface area contributed by atoms with Crippen LogP contribution in [0.15, 0.2) is 18.2 Å². The number of carbonyl (C=O) groups is 2. The predicted molar refractivity (Wildman–Crippen MR) is 95.3 cm³/mol. The van der Waals surface area contributed by atoms with Crippen molar-refractivity contribution in [3.05, 3.63) is 29.3 Å². The van der Waals surface area contributed by atoms with Gasteiger partial charge in [0.2, 0.25) is 11.8 Å². The van der Waals surface area contributed by atoms with Gasteiger partial charge < -0.3 is 14.7 Å². The molecule has 5 heteroatoms. The molecule has 0 aliphatic carbocycles. The van der Waals surface area contributed by atoms with E-state index < -0.39 is 0 Å². The number of likely N-dealkylation sites (tertiary alicyclic amines) is 1. The lowest BCUT2D eigenvalue weighted by molar-refractivity contribution is -0.130. The van der Waals surface area contributed by atoms with E-state index in [1.165, 1.54) is 11.1 Å². The fourth-order valence-electron chi connectivity index (χ4n) is 4.04. The Bertz CT molecular complexity index is 661. The van der Waals surface area contributed by atoms with Crippen molar-refractivity contribution >= 4 is 17.5 Å². The zero-order valence-corrected chi connectivity index (χ0v) is 15.1. The van der Waals surface area contributed by atoms with Gasteiger partial charge in [-0.05, 0) is 45.5 Å². The summed E-state index contributed by atoms with van der Waals surface area (Å²) in [5.74, 6) is 0.295. The minimum absolute atomic E-state index is 0.00469. The molecule has 2 heterocycles. The van der Waals surface area contributed by atoms with Crippen molar-refractivity contribution in [1.82, 2.24) is 9.80 Å². The Hall–Kier alpha value is -1.88. The first-order chi connectivity index (χ1) is 11.3. The molecule has 1 aromatic rings. The molecule has 2 amide bonds. The van der Waals surface area contributed by atoms with Gasteiger partial charge in [0.1, 0.15) is 0 Å². The molecule has 0 saturated carbocycles. The van der Waals surface area contributed by atoms with Gasteiger partial charge in [-0.15, -0.1) is 0 Å². The fraction of sp³-hybridized carbons (Fsp3) is 0.579. The van der Waals surface area contributed by atoms with Gasteiger partial charge in [0.15, 0.2) is 0 Å². The Kier molecular flexibility index (Phi) is 4.38. The van der Waals surface area contributed by atoms with E-state index in [0.717, 1.165) is 38.2 Å². The number of amides is 2. The van der Waals surface area contributed by atoms with Crippen molar-refractivity contribution in [3.8, 4) is 0 Å². The first kappa shape index (κ1) is 17.0. The van der Waals surface area contributed by atoms with E-state index in [0.29, 0.717) is 6.54 Å². The van der Waals surface area contributed by atoms with Gasteiger partial charge in [0.05, 0.1) is 6.54 Å². The first-order valence-electron chi connectivity index (χ1n) is 8.64. The first-order valence-corrected chi connectivity index (χ1v) is 8.64. The molecular weight excluding hydrogens is 302 g/mol. The molecule has 130 valence electrons. The second-order valence-electron chi connectivity index (χ2n) is 7.52. The number of rotatable bonds is 2. The number of fused-ring (bicyclic) bond motifs is 2. The van der Waals surface area contributed by atoms with Crippen LogP contribution in [0.2, 0.25) is 0 Å². The average Bonchev–Trinajstić information content (AvgIpc) is 2.81. The Morgan fingerprint density at radius 3 is 2.46 bits per heavy atom. The fourth-order valence-corrected chi connectivity index (χ4v) is 4.04. The number of hydrogen-bond acceptors (Lipinski definition) is 3. The Balaban J connectivity index is 1.92. The van der Waals surface area contributed by atoms with Gasteiger partial charge in [0, 0.05) is 37.7 Å². The van der Waals surface area contributed by atoms with Crippen LogP contribution in [0.4, 0.5) is 5.69 Å². The summed E-state index contributed by atoms with van der Waals surface area (Å²) in [6.45, 7) is 6.45. The third-order valence-electron chi connectivity index (χ3n) is 5.39. The quantitative estimate of drug-likeness (QED) is 0.831. The number of nitrogens with zero attached hydrogens (tertiary/aromatic N) is 3. The average molecular weight is 329 g/mol. The monoisotopic (exact) mass is 329 g/mol. The van der Waals surface area contributed by atoms with Crippen LogP contribution in [0.25, 0.3) is 0 Å². The zero-order valence-electron chi connectivity index (χ0n) is 15.1. The number of anilines is 1. The Morgan fingerprint density at radius 2 is 1.88 bits per heavy atom. The third-order valence-corrected chi connectivity index (χ3v) is 5.39. The Labute approximate surface area is 144 Å². The largest absolute Gasteiger partial charge is 0.343 e. The molecule has 5 nitrogen and oxygen atoms in total. The molecule has 0 unspecified atom stereocenters. The van der Waals surface area contributed by atoms with Crippen molar-refractivity contribution in [3.63, 3.8) is 0 Å². The van der Waals surface area contributed by atoms with Crippen LogP contribution in [0.3, 0.4) is 0 Å². The topological polar surface area (TPSA) is 43.9 Å². The minimum Gasteiger partial charge on any atom is -0.343 e. The van der Waals surface area contributed by atoms with Gasteiger partial charge in [-0.25, -0.2) is 0 Å². The summed E-state index contributed by atoms with van der Waals surface area (Å²) in [5.41, 5.74) is 3.57. The van der Waals surface area contributed by atoms with Gasteiger partial charge >= 0.3 is 0 Å². The maximum Gasteiger partial charge on any atom is 0.241 e. The lowest BCUT2D eigenvalue weighted by Gasteiger charge is -2.39. The van der Waals surface area contributed by atoms with E-state index in [4.69, 9.17) is 0 Å². The van der Waals surface area contributed by atoms with Crippen LogP contribution in [0.5, 0.6) is 0 Å². The van der Waals surface area contributed by atoms with E-state index >= 15 is 0 Å². The molecule has 1 aromatic carbocycles. The van der Waals surface area contributed by atoms with Crippen LogP contribution in [-0.4, -0.2) is 61.9 Å². The Morgan fingerprint density at radius 1 is 1.21 bits per heavy atom. The van der Waals surface area contributed by atoms with Crippen LogP contribution in [-0.2, 0) is 15.0 Å². The molecular formula is C19H27N3O2. The van der Waals surface area contributed by atoms with Crippen molar-refractivity contribution in [2.75, 3.05) is 45.2 Å². The van der Waals surface area contributed by atoms with E-state index in [-0.39, 0.29) is 17.2 Å². The number of aryl methyl sites for hydroxylation is 1. The molecule has 2 aliphatic heterocycles. The zero-order chi connectivity index (χ0) is 17.5. The highest BCUT2D eigenvalue weighted by Crippen LogP contribution is 2.47. The molecule has 1 saturated heterocycles. The smallest absolute Gasteiger partial charge is 0.241 e. The molecule has 2 aliphatic rings. The molecule has 1 spiro atoms. The number of carbonyl (C=O) groups excluding carboxylic acids is 2. The van der Waals surface area contributed by atoms with Crippen molar-refractivity contribution in [2.45, 2.75) is 32.1 Å². The third kappa shape index (κ3) is 2.93. The normalized spacial score (nSPS) is 19.0. The standard InChI is InChI=1S/C19H27N3O2/c1-14-5-6-17-16(11-14)19(7-9-21(10-8-19)15(2)23)13-22(17)18(24)12-20(3)4/h5-6,11H,7-10,12-13H2,1-4H3. The van der Waals surface area contributed by atoms with Gasteiger partial charge in [-0.1, -0.05) is 17.7 Å².